The SMILES string of the molecule is O=C(C1CCc2[nH]c3c(Cl)cccc3c2C1)N1CCN(c2ccc(F)cc2)CC1. The Labute approximate surface area is 174 Å². The van der Waals surface area contributed by atoms with Gasteiger partial charge in [-0.1, -0.05) is 23.7 Å². The lowest BCUT2D eigenvalue weighted by atomic mass is 9.85. The van der Waals surface area contributed by atoms with E-state index >= 15 is 0 Å². The van der Waals surface area contributed by atoms with Gasteiger partial charge in [0, 0.05) is 48.9 Å². The minimum Gasteiger partial charge on any atom is -0.368 e. The molecule has 1 N–H and O–H groups in total. The number of fused-ring (bicyclic) bond motifs is 3. The fourth-order valence-corrected chi connectivity index (χ4v) is 4.93. The van der Waals surface area contributed by atoms with Crippen molar-refractivity contribution in [1.29, 1.82) is 0 Å². The third kappa shape index (κ3) is 3.38. The average Bonchev–Trinajstić information content (AvgIpc) is 3.13. The lowest BCUT2D eigenvalue weighted by molar-refractivity contribution is -0.136. The Morgan fingerprint density at radius 3 is 2.59 bits per heavy atom. The fraction of sp³-hybridized carbons (Fsp3) is 0.348. The molecule has 2 aliphatic rings. The van der Waals surface area contributed by atoms with E-state index in [1.165, 1.54) is 23.4 Å². The predicted molar refractivity (Wildman–Crippen MR) is 114 cm³/mol. The Morgan fingerprint density at radius 1 is 1.07 bits per heavy atom. The van der Waals surface area contributed by atoms with Crippen molar-refractivity contribution < 1.29 is 9.18 Å². The Balaban J connectivity index is 1.27. The number of hydrogen-bond donors (Lipinski definition) is 1. The number of piperazine rings is 1. The van der Waals surface area contributed by atoms with Crippen molar-refractivity contribution in [3.63, 3.8) is 0 Å². The zero-order valence-corrected chi connectivity index (χ0v) is 16.9. The average molecular weight is 412 g/mol. The van der Waals surface area contributed by atoms with Crippen molar-refractivity contribution in [2.45, 2.75) is 19.3 Å². The number of aryl methyl sites for hydroxylation is 1. The third-order valence-electron chi connectivity index (χ3n) is 6.30. The van der Waals surface area contributed by atoms with Crippen LogP contribution in [0.15, 0.2) is 42.5 Å². The summed E-state index contributed by atoms with van der Waals surface area (Å²) in [6.07, 6.45) is 2.52. The first-order valence-corrected chi connectivity index (χ1v) is 10.5. The van der Waals surface area contributed by atoms with Gasteiger partial charge in [0.2, 0.25) is 5.91 Å². The monoisotopic (exact) mass is 411 g/mol. The number of nitrogens with one attached hydrogen (secondary N) is 1. The molecular formula is C23H23ClFN3O. The third-order valence-corrected chi connectivity index (χ3v) is 6.62. The highest BCUT2D eigenvalue weighted by Gasteiger charge is 2.32. The van der Waals surface area contributed by atoms with Gasteiger partial charge in [0.25, 0.3) is 0 Å². The van der Waals surface area contributed by atoms with E-state index < -0.39 is 0 Å². The first-order chi connectivity index (χ1) is 14.1. The molecule has 5 rings (SSSR count). The molecule has 1 aliphatic carbocycles. The molecule has 2 aromatic carbocycles. The number of carbonyl (C=O) groups is 1. The lowest BCUT2D eigenvalue weighted by Gasteiger charge is -2.38. The molecular weight excluding hydrogens is 389 g/mol. The molecule has 1 saturated heterocycles. The van der Waals surface area contributed by atoms with Crippen molar-refractivity contribution >= 4 is 34.1 Å². The second kappa shape index (κ2) is 7.38. The molecule has 0 bridgehead atoms. The van der Waals surface area contributed by atoms with E-state index in [9.17, 15) is 9.18 Å². The van der Waals surface area contributed by atoms with Crippen LogP contribution in [0.5, 0.6) is 0 Å². The highest BCUT2D eigenvalue weighted by molar-refractivity contribution is 6.35. The number of H-pyrrole nitrogens is 1. The van der Waals surface area contributed by atoms with Gasteiger partial charge in [0.05, 0.1) is 10.5 Å². The predicted octanol–water partition coefficient (Wildman–Crippen LogP) is 4.41. The number of nitrogens with zero attached hydrogens (tertiary/aromatic N) is 2. The number of rotatable bonds is 2. The molecule has 1 fully saturated rings. The van der Waals surface area contributed by atoms with E-state index in [0.717, 1.165) is 54.0 Å². The summed E-state index contributed by atoms with van der Waals surface area (Å²) in [5.41, 5.74) is 4.46. The van der Waals surface area contributed by atoms with Crippen LogP contribution in [0.25, 0.3) is 10.9 Å². The van der Waals surface area contributed by atoms with Crippen LogP contribution >= 0.6 is 11.6 Å². The van der Waals surface area contributed by atoms with Gasteiger partial charge in [-0.15, -0.1) is 0 Å². The maximum absolute atomic E-state index is 13.2. The van der Waals surface area contributed by atoms with Crippen LogP contribution < -0.4 is 4.90 Å². The summed E-state index contributed by atoms with van der Waals surface area (Å²) in [6.45, 7) is 2.97. The van der Waals surface area contributed by atoms with Crippen LogP contribution in [0.2, 0.25) is 5.02 Å². The summed E-state index contributed by atoms with van der Waals surface area (Å²) in [5, 5.41) is 1.88. The molecule has 0 saturated carbocycles. The van der Waals surface area contributed by atoms with Gasteiger partial charge >= 0.3 is 0 Å². The van der Waals surface area contributed by atoms with Gasteiger partial charge in [0.15, 0.2) is 0 Å². The second-order valence-electron chi connectivity index (χ2n) is 7.97. The van der Waals surface area contributed by atoms with E-state index in [0.29, 0.717) is 13.1 Å². The minimum absolute atomic E-state index is 0.0258. The summed E-state index contributed by atoms with van der Waals surface area (Å²) in [5.74, 6) is 0.0569. The Hall–Kier alpha value is -2.53. The molecule has 4 nitrogen and oxygen atoms in total. The number of para-hydroxylation sites is 1. The van der Waals surface area contributed by atoms with E-state index in [1.54, 1.807) is 12.1 Å². The standard InChI is InChI=1S/C23H23ClFN3O/c24-20-3-1-2-18-19-14-15(4-9-21(19)26-22(18)20)23(29)28-12-10-27(11-13-28)17-7-5-16(25)6-8-17/h1-3,5-8,15,26H,4,9-14H2. The van der Waals surface area contributed by atoms with Gasteiger partial charge < -0.3 is 14.8 Å². The fourth-order valence-electron chi connectivity index (χ4n) is 4.71. The number of hydrogen-bond acceptors (Lipinski definition) is 2. The van der Waals surface area contributed by atoms with Crippen molar-refractivity contribution in [2.24, 2.45) is 5.92 Å². The Kier molecular flexibility index (Phi) is 4.70. The van der Waals surface area contributed by atoms with Crippen LogP contribution in [0.1, 0.15) is 17.7 Å². The first kappa shape index (κ1) is 18.5. The van der Waals surface area contributed by atoms with Crippen molar-refractivity contribution in [1.82, 2.24) is 9.88 Å². The summed E-state index contributed by atoms with van der Waals surface area (Å²) in [4.78, 5) is 20.9. The Morgan fingerprint density at radius 2 is 1.83 bits per heavy atom. The molecule has 6 heteroatoms. The van der Waals surface area contributed by atoms with Crippen molar-refractivity contribution in [3.8, 4) is 0 Å². The topological polar surface area (TPSA) is 39.3 Å². The minimum atomic E-state index is -0.224. The van der Waals surface area contributed by atoms with Crippen LogP contribution in [-0.2, 0) is 17.6 Å². The van der Waals surface area contributed by atoms with Crippen LogP contribution in [0.4, 0.5) is 10.1 Å². The largest absolute Gasteiger partial charge is 0.368 e. The first-order valence-electron chi connectivity index (χ1n) is 10.2. The molecule has 2 heterocycles. The van der Waals surface area contributed by atoms with E-state index in [4.69, 9.17) is 11.6 Å². The zero-order valence-electron chi connectivity index (χ0n) is 16.1. The number of anilines is 1. The highest BCUT2D eigenvalue weighted by Crippen LogP contribution is 2.35. The summed E-state index contributed by atoms with van der Waals surface area (Å²) < 4.78 is 13.1. The number of benzene rings is 2. The maximum atomic E-state index is 13.2. The van der Waals surface area contributed by atoms with Gasteiger partial charge in [-0.2, -0.15) is 0 Å². The normalized spacial score (nSPS) is 19.4. The van der Waals surface area contributed by atoms with Crippen molar-refractivity contribution in [3.05, 3.63) is 64.6 Å². The number of carbonyl (C=O) groups excluding carboxylic acids is 1. The summed E-state index contributed by atoms with van der Waals surface area (Å²) in [6, 6.07) is 12.5. The van der Waals surface area contributed by atoms with Gasteiger partial charge in [0.1, 0.15) is 5.82 Å². The second-order valence-corrected chi connectivity index (χ2v) is 8.38. The summed E-state index contributed by atoms with van der Waals surface area (Å²) >= 11 is 6.34. The molecule has 3 aromatic rings. The molecule has 150 valence electrons. The quantitative estimate of drug-likeness (QED) is 0.678. The van der Waals surface area contributed by atoms with Gasteiger partial charge in [-0.05, 0) is 55.2 Å². The van der Waals surface area contributed by atoms with E-state index in [2.05, 4.69) is 16.0 Å². The molecule has 0 spiro atoms. The van der Waals surface area contributed by atoms with Crippen LogP contribution in [-0.4, -0.2) is 42.0 Å². The van der Waals surface area contributed by atoms with E-state index in [-0.39, 0.29) is 17.6 Å². The zero-order chi connectivity index (χ0) is 20.0. The number of aromatic nitrogens is 1. The molecule has 1 unspecified atom stereocenters. The lowest BCUT2D eigenvalue weighted by Crippen LogP contribution is -2.51. The Bertz CT molecular complexity index is 1050. The number of halogens is 2. The molecule has 1 aliphatic heterocycles. The molecule has 1 atom stereocenters. The number of amides is 1. The molecule has 0 radical (unpaired) electrons. The smallest absolute Gasteiger partial charge is 0.226 e. The van der Waals surface area contributed by atoms with Crippen LogP contribution in [0, 0.1) is 11.7 Å². The molecule has 1 amide bonds. The number of aromatic amines is 1. The highest BCUT2D eigenvalue weighted by atomic mass is 35.5. The van der Waals surface area contributed by atoms with Crippen LogP contribution in [0.3, 0.4) is 0 Å². The van der Waals surface area contributed by atoms with Crippen molar-refractivity contribution in [2.75, 3.05) is 31.1 Å². The van der Waals surface area contributed by atoms with E-state index in [1.807, 2.05) is 17.0 Å². The summed E-state index contributed by atoms with van der Waals surface area (Å²) in [7, 11) is 0. The molecule has 1 aromatic heterocycles. The maximum Gasteiger partial charge on any atom is 0.226 e. The molecule has 29 heavy (non-hydrogen) atoms. The van der Waals surface area contributed by atoms with Gasteiger partial charge in [-0.3, -0.25) is 4.79 Å². The van der Waals surface area contributed by atoms with Gasteiger partial charge in [-0.25, -0.2) is 4.39 Å².